The van der Waals surface area contributed by atoms with Gasteiger partial charge in [0.2, 0.25) is 0 Å². The van der Waals surface area contributed by atoms with Gasteiger partial charge in [0.15, 0.2) is 0 Å². The van der Waals surface area contributed by atoms with Crippen LogP contribution < -0.4 is 11.2 Å². The number of rotatable bonds is 3. The van der Waals surface area contributed by atoms with Gasteiger partial charge in [-0.15, -0.1) is 5.48 Å². The molecule has 70 valence electrons. The van der Waals surface area contributed by atoms with Crippen molar-refractivity contribution in [2.45, 2.75) is 13.0 Å². The van der Waals surface area contributed by atoms with E-state index in [0.29, 0.717) is 0 Å². The summed E-state index contributed by atoms with van der Waals surface area (Å²) < 4.78 is 0. The summed E-state index contributed by atoms with van der Waals surface area (Å²) in [5.74, 6) is 0. The van der Waals surface area contributed by atoms with Crippen molar-refractivity contribution < 1.29 is 9.63 Å². The minimum Gasteiger partial charge on any atom is -0.353 e. The highest BCUT2D eigenvalue weighted by Gasteiger charge is 2.04. The first-order chi connectivity index (χ1) is 6.20. The number of hydrogen-bond acceptors (Lipinski definition) is 3. The lowest BCUT2D eigenvalue weighted by Gasteiger charge is -2.11. The zero-order chi connectivity index (χ0) is 9.68. The van der Waals surface area contributed by atoms with Crippen LogP contribution in [0.4, 0.5) is 4.79 Å². The van der Waals surface area contributed by atoms with Crippen LogP contribution in [0.25, 0.3) is 0 Å². The van der Waals surface area contributed by atoms with Crippen molar-refractivity contribution in [3.63, 3.8) is 0 Å². The lowest BCUT2D eigenvalue weighted by molar-refractivity contribution is 0.0799. The van der Waals surface area contributed by atoms with E-state index in [1.165, 1.54) is 0 Å². The Kier molecular flexibility index (Phi) is 3.28. The number of hydrogen-bond donors (Lipinski definition) is 2. The number of benzene rings is 1. The maximum Gasteiger partial charge on any atom is 0.423 e. The molecule has 0 aliphatic heterocycles. The molecule has 0 spiro atoms. The number of nitrogens with one attached hydrogen (secondary N) is 1. The Hall–Kier alpha value is -1.55. The van der Waals surface area contributed by atoms with E-state index in [2.05, 4.69) is 10.3 Å². The van der Waals surface area contributed by atoms with E-state index in [-0.39, 0.29) is 6.04 Å². The van der Waals surface area contributed by atoms with E-state index in [1.807, 2.05) is 37.3 Å². The second kappa shape index (κ2) is 4.47. The van der Waals surface area contributed by atoms with Crippen LogP contribution in [0.2, 0.25) is 0 Å². The van der Waals surface area contributed by atoms with E-state index in [4.69, 9.17) is 5.73 Å². The third-order valence-electron chi connectivity index (χ3n) is 1.64. The molecule has 1 amide bonds. The van der Waals surface area contributed by atoms with Crippen LogP contribution in [0.5, 0.6) is 0 Å². The quantitative estimate of drug-likeness (QED) is 0.690. The highest BCUT2D eigenvalue weighted by atomic mass is 16.7. The molecule has 1 rings (SSSR count). The van der Waals surface area contributed by atoms with Gasteiger partial charge in [0.1, 0.15) is 0 Å². The van der Waals surface area contributed by atoms with Crippen molar-refractivity contribution in [1.29, 1.82) is 0 Å². The first-order valence-electron chi connectivity index (χ1n) is 3.97. The highest BCUT2D eigenvalue weighted by Crippen LogP contribution is 2.10. The molecule has 1 aromatic carbocycles. The van der Waals surface area contributed by atoms with Crippen LogP contribution in [0.3, 0.4) is 0 Å². The van der Waals surface area contributed by atoms with E-state index < -0.39 is 6.09 Å². The van der Waals surface area contributed by atoms with Gasteiger partial charge in [-0.05, 0) is 12.5 Å². The average Bonchev–Trinajstić information content (AvgIpc) is 2.15. The molecule has 4 nitrogen and oxygen atoms in total. The molecule has 0 bridgehead atoms. The number of carbonyl (C=O) groups is 1. The lowest BCUT2D eigenvalue weighted by Crippen LogP contribution is -2.26. The third-order valence-corrected chi connectivity index (χ3v) is 1.64. The Labute approximate surface area is 76.6 Å². The number of amides is 1. The third kappa shape index (κ3) is 3.13. The standard InChI is InChI=1S/C9H12N2O2/c1-7(11-13-9(10)12)8-5-3-2-4-6-8/h2-7,11H,1H3,(H2,10,12). The summed E-state index contributed by atoms with van der Waals surface area (Å²) in [6.45, 7) is 1.87. The van der Waals surface area contributed by atoms with Gasteiger partial charge in [-0.1, -0.05) is 30.3 Å². The van der Waals surface area contributed by atoms with Crippen LogP contribution in [0.15, 0.2) is 30.3 Å². The second-order valence-electron chi connectivity index (χ2n) is 2.67. The summed E-state index contributed by atoms with van der Waals surface area (Å²) in [6.07, 6.45) is -0.831. The topological polar surface area (TPSA) is 64.3 Å². The molecule has 0 aliphatic carbocycles. The van der Waals surface area contributed by atoms with Crippen molar-refractivity contribution in [3.05, 3.63) is 35.9 Å². The van der Waals surface area contributed by atoms with Crippen LogP contribution in [-0.4, -0.2) is 6.09 Å². The van der Waals surface area contributed by atoms with E-state index >= 15 is 0 Å². The number of nitrogens with two attached hydrogens (primary N) is 1. The number of primary amides is 1. The lowest BCUT2D eigenvalue weighted by atomic mass is 10.1. The minimum atomic E-state index is -0.831. The smallest absolute Gasteiger partial charge is 0.353 e. The summed E-state index contributed by atoms with van der Waals surface area (Å²) in [4.78, 5) is 14.7. The summed E-state index contributed by atoms with van der Waals surface area (Å²) in [5.41, 5.74) is 8.35. The maximum absolute atomic E-state index is 10.3. The molecule has 3 N–H and O–H groups in total. The van der Waals surface area contributed by atoms with Crippen molar-refractivity contribution in [2.24, 2.45) is 5.73 Å². The van der Waals surface area contributed by atoms with E-state index in [1.54, 1.807) is 0 Å². The fourth-order valence-electron chi connectivity index (χ4n) is 0.956. The minimum absolute atomic E-state index is 0.0614. The Morgan fingerprint density at radius 3 is 2.62 bits per heavy atom. The fraction of sp³-hybridized carbons (Fsp3) is 0.222. The Morgan fingerprint density at radius 1 is 1.46 bits per heavy atom. The second-order valence-corrected chi connectivity index (χ2v) is 2.67. The van der Waals surface area contributed by atoms with Gasteiger partial charge in [-0.25, -0.2) is 4.79 Å². The summed E-state index contributed by atoms with van der Waals surface area (Å²) >= 11 is 0. The largest absolute Gasteiger partial charge is 0.423 e. The van der Waals surface area contributed by atoms with Crippen molar-refractivity contribution >= 4 is 6.09 Å². The number of hydroxylamine groups is 1. The molecule has 0 aromatic heterocycles. The Balaban J connectivity index is 2.49. The molecule has 4 heteroatoms. The number of carbonyl (C=O) groups excluding carboxylic acids is 1. The SMILES string of the molecule is CC(NOC(N)=O)c1ccccc1. The predicted octanol–water partition coefficient (Wildman–Crippen LogP) is 1.35. The molecular weight excluding hydrogens is 168 g/mol. The molecule has 13 heavy (non-hydrogen) atoms. The van der Waals surface area contributed by atoms with Gasteiger partial charge in [-0.3, -0.25) is 0 Å². The van der Waals surface area contributed by atoms with E-state index in [0.717, 1.165) is 5.56 Å². The molecule has 0 heterocycles. The summed E-state index contributed by atoms with van der Waals surface area (Å²) in [5, 5.41) is 0. The summed E-state index contributed by atoms with van der Waals surface area (Å²) in [6, 6.07) is 9.55. The Bertz CT molecular complexity index is 274. The van der Waals surface area contributed by atoms with Crippen LogP contribution in [0.1, 0.15) is 18.5 Å². The van der Waals surface area contributed by atoms with Crippen LogP contribution in [-0.2, 0) is 4.84 Å². The zero-order valence-electron chi connectivity index (χ0n) is 7.36. The Morgan fingerprint density at radius 2 is 2.08 bits per heavy atom. The molecule has 1 aromatic rings. The van der Waals surface area contributed by atoms with Gasteiger partial charge < -0.3 is 10.6 Å². The average molecular weight is 180 g/mol. The first kappa shape index (κ1) is 9.54. The van der Waals surface area contributed by atoms with Gasteiger partial charge in [0, 0.05) is 0 Å². The van der Waals surface area contributed by atoms with Crippen LogP contribution in [0, 0.1) is 0 Å². The molecule has 0 radical (unpaired) electrons. The molecule has 0 saturated carbocycles. The van der Waals surface area contributed by atoms with Gasteiger partial charge >= 0.3 is 6.09 Å². The molecule has 0 aliphatic rings. The van der Waals surface area contributed by atoms with Gasteiger partial charge in [-0.2, -0.15) is 0 Å². The zero-order valence-corrected chi connectivity index (χ0v) is 7.36. The molecule has 1 unspecified atom stereocenters. The maximum atomic E-state index is 10.3. The molecule has 0 fully saturated rings. The monoisotopic (exact) mass is 180 g/mol. The van der Waals surface area contributed by atoms with Gasteiger partial charge in [0.25, 0.3) is 0 Å². The first-order valence-corrected chi connectivity index (χ1v) is 3.97. The molecule has 0 saturated heterocycles. The normalized spacial score (nSPS) is 12.1. The van der Waals surface area contributed by atoms with Crippen molar-refractivity contribution in [3.8, 4) is 0 Å². The molecular formula is C9H12N2O2. The van der Waals surface area contributed by atoms with E-state index in [9.17, 15) is 4.79 Å². The fourth-order valence-corrected chi connectivity index (χ4v) is 0.956. The van der Waals surface area contributed by atoms with Crippen LogP contribution >= 0.6 is 0 Å². The van der Waals surface area contributed by atoms with Crippen molar-refractivity contribution in [2.75, 3.05) is 0 Å². The highest BCUT2D eigenvalue weighted by molar-refractivity contribution is 5.64. The molecule has 1 atom stereocenters. The predicted molar refractivity (Wildman–Crippen MR) is 48.7 cm³/mol. The van der Waals surface area contributed by atoms with Crippen molar-refractivity contribution in [1.82, 2.24) is 5.48 Å². The summed E-state index contributed by atoms with van der Waals surface area (Å²) in [7, 11) is 0. The van der Waals surface area contributed by atoms with Gasteiger partial charge in [0.05, 0.1) is 6.04 Å².